The second kappa shape index (κ2) is 11.0. The lowest BCUT2D eigenvalue weighted by atomic mass is 10.1. The molecule has 0 aromatic heterocycles. The summed E-state index contributed by atoms with van der Waals surface area (Å²) >= 11 is 0. The molecule has 1 saturated heterocycles. The third-order valence-electron chi connectivity index (χ3n) is 4.33. The number of nitrogens with two attached hydrogens (primary N) is 1. The summed E-state index contributed by atoms with van der Waals surface area (Å²) in [5.41, 5.74) is 6.97. The van der Waals surface area contributed by atoms with Gasteiger partial charge in [0.1, 0.15) is 0 Å². The van der Waals surface area contributed by atoms with Gasteiger partial charge in [0, 0.05) is 18.7 Å². The number of halogens is 4. The van der Waals surface area contributed by atoms with Gasteiger partial charge in [0.15, 0.2) is 11.7 Å². The number of piperazine rings is 1. The average Bonchev–Trinajstić information content (AvgIpc) is 2.72. The fourth-order valence-electron chi connectivity index (χ4n) is 2.88. The maximum absolute atomic E-state index is 12.5. The molecule has 2 aromatic rings. The first-order chi connectivity index (χ1) is 14.7. The summed E-state index contributed by atoms with van der Waals surface area (Å²) in [5.74, 6) is -0.969. The summed E-state index contributed by atoms with van der Waals surface area (Å²) in [5, 5.41) is 5.24. The van der Waals surface area contributed by atoms with Crippen LogP contribution in [0, 0.1) is 0 Å². The molecule has 0 radical (unpaired) electrons. The molecule has 32 heavy (non-hydrogen) atoms. The predicted octanol–water partition coefficient (Wildman–Crippen LogP) is 2.70. The number of benzene rings is 2. The number of hydrogen-bond donors (Lipinski definition) is 3. The monoisotopic (exact) mass is 563 g/mol. The van der Waals surface area contributed by atoms with Crippen LogP contribution >= 0.6 is 24.0 Å². The first-order valence-corrected chi connectivity index (χ1v) is 9.28. The second-order valence-corrected chi connectivity index (χ2v) is 6.64. The molecule has 1 aliphatic rings. The molecule has 1 aliphatic heterocycles. The Bertz CT molecular complexity index is 983. The molecule has 0 aliphatic carbocycles. The van der Waals surface area contributed by atoms with Crippen LogP contribution in [-0.2, 0) is 11.3 Å². The van der Waals surface area contributed by atoms with Crippen LogP contribution in [0.15, 0.2) is 53.5 Å². The number of anilines is 1. The van der Waals surface area contributed by atoms with Crippen LogP contribution in [0.1, 0.15) is 15.9 Å². The molecule has 4 N–H and O–H groups in total. The number of para-hydroxylation sites is 2. The molecular formula is C20H21F3IN5O3. The predicted molar refractivity (Wildman–Crippen MR) is 123 cm³/mol. The van der Waals surface area contributed by atoms with Gasteiger partial charge in [0.2, 0.25) is 5.91 Å². The van der Waals surface area contributed by atoms with Crippen LogP contribution in [0.3, 0.4) is 0 Å². The number of amides is 2. The zero-order valence-electron chi connectivity index (χ0n) is 16.7. The molecule has 0 spiro atoms. The van der Waals surface area contributed by atoms with Gasteiger partial charge in [-0.25, -0.2) is 4.99 Å². The molecule has 0 unspecified atom stereocenters. The number of hydrogen-bond acceptors (Lipinski definition) is 4. The fraction of sp³-hybridized carbons (Fsp3) is 0.250. The Morgan fingerprint density at radius 2 is 1.88 bits per heavy atom. The smallest absolute Gasteiger partial charge is 0.404 e. The number of nitrogens with one attached hydrogen (secondary N) is 2. The van der Waals surface area contributed by atoms with E-state index in [0.29, 0.717) is 18.7 Å². The highest BCUT2D eigenvalue weighted by Crippen LogP contribution is 2.29. The number of rotatable bonds is 5. The van der Waals surface area contributed by atoms with E-state index >= 15 is 0 Å². The lowest BCUT2D eigenvalue weighted by molar-refractivity contribution is -0.274. The molecule has 0 atom stereocenters. The molecule has 2 aromatic carbocycles. The van der Waals surface area contributed by atoms with Gasteiger partial charge in [0.05, 0.1) is 18.8 Å². The number of carbonyl (C=O) groups excluding carboxylic acids is 2. The lowest BCUT2D eigenvalue weighted by Gasteiger charge is -2.26. The summed E-state index contributed by atoms with van der Waals surface area (Å²) in [6.07, 6.45) is -4.83. The number of ether oxygens (including phenoxy) is 1. The van der Waals surface area contributed by atoms with E-state index in [4.69, 9.17) is 5.73 Å². The van der Waals surface area contributed by atoms with E-state index in [1.807, 2.05) is 0 Å². The fourth-order valence-corrected chi connectivity index (χ4v) is 2.88. The van der Waals surface area contributed by atoms with Crippen LogP contribution in [0.2, 0.25) is 0 Å². The van der Waals surface area contributed by atoms with Crippen molar-refractivity contribution in [2.75, 3.05) is 25.0 Å². The SMILES string of the molecule is I.NC(=NCc1ccc(C(=O)N2CCNC(=O)C2)cc1)Nc1ccccc1OC(F)(F)F. The number of aliphatic imine (C=N–C) groups is 1. The van der Waals surface area contributed by atoms with Crippen molar-refractivity contribution in [1.29, 1.82) is 0 Å². The van der Waals surface area contributed by atoms with Crippen LogP contribution < -0.4 is 21.1 Å². The van der Waals surface area contributed by atoms with Gasteiger partial charge in [-0.3, -0.25) is 9.59 Å². The maximum atomic E-state index is 12.5. The van der Waals surface area contributed by atoms with E-state index in [0.717, 1.165) is 11.6 Å². The summed E-state index contributed by atoms with van der Waals surface area (Å²) in [4.78, 5) is 29.5. The van der Waals surface area contributed by atoms with Crippen LogP contribution in [0.4, 0.5) is 18.9 Å². The number of carbonyl (C=O) groups is 2. The minimum absolute atomic E-state index is 0. The van der Waals surface area contributed by atoms with E-state index in [9.17, 15) is 22.8 Å². The minimum atomic E-state index is -4.83. The van der Waals surface area contributed by atoms with E-state index < -0.39 is 12.1 Å². The molecule has 2 amide bonds. The highest BCUT2D eigenvalue weighted by atomic mass is 127. The standard InChI is InChI=1S/C20H20F3N5O3.HI/c21-20(22,23)31-16-4-2-1-3-15(16)27-19(24)26-11-13-5-7-14(8-6-13)18(30)28-10-9-25-17(29)12-28;/h1-8H,9-12H2,(H,25,29)(H3,24,26,27);1H. The van der Waals surface area contributed by atoms with E-state index in [-0.39, 0.29) is 60.5 Å². The molecule has 12 heteroatoms. The first kappa shape index (κ1) is 25.2. The van der Waals surface area contributed by atoms with Gasteiger partial charge in [-0.2, -0.15) is 0 Å². The zero-order valence-corrected chi connectivity index (χ0v) is 19.0. The van der Waals surface area contributed by atoms with E-state index in [1.54, 1.807) is 24.3 Å². The number of nitrogens with zero attached hydrogens (tertiary/aromatic N) is 2. The van der Waals surface area contributed by atoms with E-state index in [1.165, 1.54) is 23.1 Å². The summed E-state index contributed by atoms with van der Waals surface area (Å²) < 4.78 is 41.4. The van der Waals surface area contributed by atoms with Gasteiger partial charge >= 0.3 is 6.36 Å². The van der Waals surface area contributed by atoms with Crippen molar-refractivity contribution in [2.45, 2.75) is 12.9 Å². The van der Waals surface area contributed by atoms with Crippen molar-refractivity contribution >= 4 is 47.4 Å². The van der Waals surface area contributed by atoms with Gasteiger partial charge in [0.25, 0.3) is 5.91 Å². The Labute approximate surface area is 199 Å². The summed E-state index contributed by atoms with van der Waals surface area (Å²) in [6, 6.07) is 12.1. The Morgan fingerprint density at radius 3 is 2.53 bits per heavy atom. The lowest BCUT2D eigenvalue weighted by Crippen LogP contribution is -2.49. The van der Waals surface area contributed by atoms with Crippen molar-refractivity contribution in [2.24, 2.45) is 10.7 Å². The molecule has 8 nitrogen and oxygen atoms in total. The van der Waals surface area contributed by atoms with E-state index in [2.05, 4.69) is 20.4 Å². The molecule has 172 valence electrons. The highest BCUT2D eigenvalue weighted by molar-refractivity contribution is 14.0. The normalized spacial score (nSPS) is 14.3. The third-order valence-corrected chi connectivity index (χ3v) is 4.33. The van der Waals surface area contributed by atoms with Crippen molar-refractivity contribution in [3.05, 3.63) is 59.7 Å². The zero-order chi connectivity index (χ0) is 22.4. The molecule has 0 bridgehead atoms. The highest BCUT2D eigenvalue weighted by Gasteiger charge is 2.32. The Kier molecular flexibility index (Phi) is 8.69. The van der Waals surface area contributed by atoms with Gasteiger partial charge in [-0.05, 0) is 29.8 Å². The van der Waals surface area contributed by atoms with Crippen molar-refractivity contribution in [3.8, 4) is 5.75 Å². The van der Waals surface area contributed by atoms with Crippen LogP contribution in [0.25, 0.3) is 0 Å². The van der Waals surface area contributed by atoms with Crippen LogP contribution in [0.5, 0.6) is 5.75 Å². The molecule has 1 heterocycles. The van der Waals surface area contributed by atoms with Gasteiger partial charge in [-0.1, -0.05) is 24.3 Å². The Balaban J connectivity index is 0.00000363. The molecule has 1 fully saturated rings. The Morgan fingerprint density at radius 1 is 1.19 bits per heavy atom. The van der Waals surface area contributed by atoms with Gasteiger partial charge in [-0.15, -0.1) is 37.1 Å². The molecule has 0 saturated carbocycles. The number of guanidine groups is 1. The first-order valence-electron chi connectivity index (χ1n) is 9.28. The minimum Gasteiger partial charge on any atom is -0.404 e. The van der Waals surface area contributed by atoms with Crippen molar-refractivity contribution in [1.82, 2.24) is 10.2 Å². The third kappa shape index (κ3) is 7.28. The average molecular weight is 563 g/mol. The van der Waals surface area contributed by atoms with Crippen molar-refractivity contribution in [3.63, 3.8) is 0 Å². The maximum Gasteiger partial charge on any atom is 0.573 e. The van der Waals surface area contributed by atoms with Gasteiger partial charge < -0.3 is 26.0 Å². The second-order valence-electron chi connectivity index (χ2n) is 6.64. The van der Waals surface area contributed by atoms with Crippen LogP contribution in [-0.4, -0.2) is 48.7 Å². The summed E-state index contributed by atoms with van der Waals surface area (Å²) in [7, 11) is 0. The molecule has 3 rings (SSSR count). The van der Waals surface area contributed by atoms with Crippen molar-refractivity contribution < 1.29 is 27.5 Å². The summed E-state index contributed by atoms with van der Waals surface area (Å²) in [6.45, 7) is 1.02. The Hall–Kier alpha value is -3.03. The topological polar surface area (TPSA) is 109 Å². The molecular weight excluding hydrogens is 542 g/mol. The largest absolute Gasteiger partial charge is 0.573 e. The number of alkyl halides is 3. The quantitative estimate of drug-likeness (QED) is 0.295.